The normalized spacial score (nSPS) is 18.5. The largest absolute Gasteiger partial charge is 0.459 e. The van der Waals surface area contributed by atoms with Gasteiger partial charge in [-0.1, -0.05) is 12.1 Å². The topological polar surface area (TPSA) is 103 Å². The summed E-state index contributed by atoms with van der Waals surface area (Å²) >= 11 is 0. The van der Waals surface area contributed by atoms with Gasteiger partial charge in [0, 0.05) is 58.4 Å². The molecule has 3 heterocycles. The Hall–Kier alpha value is -3.40. The first kappa shape index (κ1) is 21.8. The Balaban J connectivity index is 1.29. The van der Waals surface area contributed by atoms with Crippen molar-refractivity contribution in [1.82, 2.24) is 14.7 Å². The van der Waals surface area contributed by atoms with Crippen LogP contribution in [0.25, 0.3) is 0 Å². The van der Waals surface area contributed by atoms with Gasteiger partial charge in [-0.15, -0.1) is 0 Å². The highest BCUT2D eigenvalue weighted by atomic mass is 16.6. The molecule has 1 unspecified atom stereocenters. The minimum atomic E-state index is -0.357. The van der Waals surface area contributed by atoms with Gasteiger partial charge in [0.25, 0.3) is 11.6 Å². The van der Waals surface area contributed by atoms with Crippen LogP contribution in [0.2, 0.25) is 0 Å². The third kappa shape index (κ3) is 4.45. The van der Waals surface area contributed by atoms with Gasteiger partial charge in [-0.25, -0.2) is 0 Å². The highest BCUT2D eigenvalue weighted by Gasteiger charge is 2.32. The van der Waals surface area contributed by atoms with Crippen molar-refractivity contribution in [3.63, 3.8) is 0 Å². The van der Waals surface area contributed by atoms with Crippen molar-refractivity contribution in [2.24, 2.45) is 0 Å². The Morgan fingerprint density at radius 2 is 1.59 bits per heavy atom. The minimum absolute atomic E-state index is 0.0502. The van der Waals surface area contributed by atoms with Crippen molar-refractivity contribution in [2.75, 3.05) is 57.3 Å². The number of amides is 2. The van der Waals surface area contributed by atoms with Gasteiger partial charge in [0.15, 0.2) is 5.76 Å². The van der Waals surface area contributed by atoms with Gasteiger partial charge in [0.2, 0.25) is 5.91 Å². The molecule has 1 aromatic heterocycles. The highest BCUT2D eigenvalue weighted by molar-refractivity contribution is 5.91. The van der Waals surface area contributed by atoms with E-state index in [0.29, 0.717) is 63.8 Å². The van der Waals surface area contributed by atoms with Crippen LogP contribution in [-0.2, 0) is 4.79 Å². The molecule has 1 aromatic carbocycles. The van der Waals surface area contributed by atoms with Crippen molar-refractivity contribution in [3.8, 4) is 0 Å². The lowest BCUT2D eigenvalue weighted by Crippen LogP contribution is -2.58. The van der Waals surface area contributed by atoms with E-state index < -0.39 is 0 Å². The van der Waals surface area contributed by atoms with Gasteiger partial charge in [0.1, 0.15) is 5.69 Å². The molecule has 0 saturated carbocycles. The molecule has 2 aromatic rings. The molecule has 0 aliphatic carbocycles. The monoisotopic (exact) mass is 441 g/mol. The smallest absolute Gasteiger partial charge is 0.292 e. The summed E-state index contributed by atoms with van der Waals surface area (Å²) in [5.41, 5.74) is 0.723. The molecular weight excluding hydrogens is 414 g/mol. The van der Waals surface area contributed by atoms with E-state index in [1.54, 1.807) is 35.2 Å². The van der Waals surface area contributed by atoms with Crippen molar-refractivity contribution in [1.29, 1.82) is 0 Å². The third-order valence-corrected chi connectivity index (χ3v) is 6.25. The summed E-state index contributed by atoms with van der Waals surface area (Å²) in [6.45, 7) is 6.38. The molecule has 170 valence electrons. The quantitative estimate of drug-likeness (QED) is 0.514. The number of benzene rings is 1. The van der Waals surface area contributed by atoms with E-state index in [2.05, 4.69) is 4.90 Å². The average Bonchev–Trinajstić information content (AvgIpc) is 3.38. The number of para-hydroxylation sites is 2. The lowest BCUT2D eigenvalue weighted by atomic mass is 10.1. The fraction of sp³-hybridized carbons (Fsp3) is 0.455. The van der Waals surface area contributed by atoms with Crippen LogP contribution >= 0.6 is 0 Å². The number of piperazine rings is 2. The summed E-state index contributed by atoms with van der Waals surface area (Å²) in [5.74, 6) is 0.213. The molecular formula is C22H27N5O5. The second-order valence-electron chi connectivity index (χ2n) is 8.04. The van der Waals surface area contributed by atoms with Crippen molar-refractivity contribution < 1.29 is 18.9 Å². The van der Waals surface area contributed by atoms with E-state index in [1.807, 2.05) is 16.7 Å². The molecule has 2 fully saturated rings. The molecule has 0 bridgehead atoms. The Morgan fingerprint density at radius 1 is 0.938 bits per heavy atom. The Bertz CT molecular complexity index is 963. The molecule has 2 saturated heterocycles. The third-order valence-electron chi connectivity index (χ3n) is 6.25. The maximum absolute atomic E-state index is 13.1. The number of nitro groups is 1. The van der Waals surface area contributed by atoms with Crippen molar-refractivity contribution in [2.45, 2.75) is 13.0 Å². The second kappa shape index (κ2) is 9.39. The molecule has 0 N–H and O–H groups in total. The molecule has 2 amide bonds. The summed E-state index contributed by atoms with van der Waals surface area (Å²) in [5, 5.41) is 11.3. The summed E-state index contributed by atoms with van der Waals surface area (Å²) in [7, 11) is 0. The number of furan rings is 1. The van der Waals surface area contributed by atoms with E-state index in [4.69, 9.17) is 4.42 Å². The summed E-state index contributed by atoms with van der Waals surface area (Å²) < 4.78 is 5.18. The van der Waals surface area contributed by atoms with E-state index in [0.717, 1.165) is 0 Å². The SMILES string of the molecule is CC(C(=O)N1CCN(C(=O)c2ccco2)CC1)N1CCN(c2ccccc2[N+](=O)[O-])CC1. The standard InChI is InChI=1S/C22H27N5O5/c1-17(21(28)25-12-14-26(15-13-25)22(29)20-7-4-16-32-20)23-8-10-24(11-9-23)18-5-2-3-6-19(18)27(30)31/h2-7,16-17H,8-15H2,1H3. The summed E-state index contributed by atoms with van der Waals surface area (Å²) in [4.78, 5) is 44.1. The first-order chi connectivity index (χ1) is 15.5. The van der Waals surface area contributed by atoms with Crippen LogP contribution in [0.3, 0.4) is 0 Å². The maximum atomic E-state index is 13.1. The number of rotatable bonds is 5. The highest BCUT2D eigenvalue weighted by Crippen LogP contribution is 2.28. The maximum Gasteiger partial charge on any atom is 0.292 e. The van der Waals surface area contributed by atoms with Gasteiger partial charge in [-0.2, -0.15) is 0 Å². The van der Waals surface area contributed by atoms with E-state index in [9.17, 15) is 19.7 Å². The predicted molar refractivity (Wildman–Crippen MR) is 118 cm³/mol. The average molecular weight is 441 g/mol. The molecule has 1 atom stereocenters. The van der Waals surface area contributed by atoms with Crippen LogP contribution in [0.4, 0.5) is 11.4 Å². The summed E-state index contributed by atoms with van der Waals surface area (Å²) in [6, 6.07) is 9.80. The Kier molecular flexibility index (Phi) is 6.40. The molecule has 32 heavy (non-hydrogen) atoms. The molecule has 2 aliphatic rings. The number of anilines is 1. The molecule has 0 spiro atoms. The molecule has 0 radical (unpaired) electrons. The zero-order chi connectivity index (χ0) is 22.7. The fourth-order valence-corrected chi connectivity index (χ4v) is 4.34. The van der Waals surface area contributed by atoms with Gasteiger partial charge in [-0.3, -0.25) is 24.6 Å². The molecule has 10 heteroatoms. The number of carbonyl (C=O) groups is 2. The number of nitro benzene ring substituents is 1. The number of hydrogen-bond donors (Lipinski definition) is 0. The second-order valence-corrected chi connectivity index (χ2v) is 8.04. The van der Waals surface area contributed by atoms with E-state index >= 15 is 0 Å². The zero-order valence-electron chi connectivity index (χ0n) is 18.1. The minimum Gasteiger partial charge on any atom is -0.459 e. The van der Waals surface area contributed by atoms with E-state index in [1.165, 1.54) is 12.3 Å². The molecule has 10 nitrogen and oxygen atoms in total. The van der Waals surface area contributed by atoms with Crippen LogP contribution in [0.5, 0.6) is 0 Å². The lowest BCUT2D eigenvalue weighted by molar-refractivity contribution is -0.384. The first-order valence-corrected chi connectivity index (χ1v) is 10.8. The first-order valence-electron chi connectivity index (χ1n) is 10.8. The number of nitrogens with zero attached hydrogens (tertiary/aromatic N) is 5. The zero-order valence-corrected chi connectivity index (χ0v) is 18.1. The number of hydrogen-bond acceptors (Lipinski definition) is 7. The van der Waals surface area contributed by atoms with Crippen LogP contribution in [0.1, 0.15) is 17.5 Å². The fourth-order valence-electron chi connectivity index (χ4n) is 4.34. The van der Waals surface area contributed by atoms with Gasteiger partial charge in [0.05, 0.1) is 17.2 Å². The predicted octanol–water partition coefficient (Wildman–Crippen LogP) is 1.68. The van der Waals surface area contributed by atoms with Gasteiger partial charge < -0.3 is 19.1 Å². The van der Waals surface area contributed by atoms with Crippen LogP contribution in [-0.4, -0.2) is 89.8 Å². The van der Waals surface area contributed by atoms with E-state index in [-0.39, 0.29) is 28.5 Å². The van der Waals surface area contributed by atoms with Crippen LogP contribution < -0.4 is 4.90 Å². The molecule has 2 aliphatic heterocycles. The van der Waals surface area contributed by atoms with Crippen LogP contribution in [0, 0.1) is 10.1 Å². The lowest BCUT2D eigenvalue weighted by Gasteiger charge is -2.41. The van der Waals surface area contributed by atoms with Crippen LogP contribution in [0.15, 0.2) is 47.1 Å². The van der Waals surface area contributed by atoms with Gasteiger partial charge >= 0.3 is 0 Å². The van der Waals surface area contributed by atoms with Crippen molar-refractivity contribution >= 4 is 23.2 Å². The summed E-state index contributed by atoms with van der Waals surface area (Å²) in [6.07, 6.45) is 1.48. The Labute approximate surface area is 186 Å². The molecule has 4 rings (SSSR count). The van der Waals surface area contributed by atoms with Crippen molar-refractivity contribution in [3.05, 3.63) is 58.5 Å². The Morgan fingerprint density at radius 3 is 2.22 bits per heavy atom. The van der Waals surface area contributed by atoms with Gasteiger partial charge in [-0.05, 0) is 25.1 Å². The number of carbonyl (C=O) groups excluding carboxylic acids is 2.